The van der Waals surface area contributed by atoms with Crippen LogP contribution in [0, 0.1) is 5.92 Å². The molecule has 0 aliphatic carbocycles. The Bertz CT molecular complexity index is 207. The van der Waals surface area contributed by atoms with E-state index in [0.29, 0.717) is 18.7 Å². The van der Waals surface area contributed by atoms with Crippen molar-refractivity contribution in [1.82, 2.24) is 5.32 Å². The maximum atomic E-state index is 11.2. The molecule has 4 nitrogen and oxygen atoms in total. The maximum Gasteiger partial charge on any atom is 0.240 e. The highest BCUT2D eigenvalue weighted by Gasteiger charge is 2.20. The Hall–Kier alpha value is -0.770. The largest absolute Gasteiger partial charge is 0.368 e. The minimum absolute atomic E-state index is 0.00690. The number of amides is 2. The summed E-state index contributed by atoms with van der Waals surface area (Å²) in [5.41, 5.74) is 5.13. The number of hydrogen-bond donors (Lipinski definition) is 2. The van der Waals surface area contributed by atoms with Gasteiger partial charge in [0, 0.05) is 12.3 Å². The second kappa shape index (κ2) is 6.65. The average Bonchev–Trinajstić information content (AvgIpc) is 2.09. The predicted molar refractivity (Wildman–Crippen MR) is 55.9 cm³/mol. The van der Waals surface area contributed by atoms with Gasteiger partial charge in [0.25, 0.3) is 0 Å². The Kier molecular flexibility index (Phi) is 6.28. The van der Waals surface area contributed by atoms with Gasteiger partial charge in [0.15, 0.2) is 0 Å². The smallest absolute Gasteiger partial charge is 0.240 e. The average molecular weight is 221 g/mol. The van der Waals surface area contributed by atoms with E-state index < -0.39 is 11.9 Å². The summed E-state index contributed by atoms with van der Waals surface area (Å²) in [5, 5.41) is 2.58. The van der Waals surface area contributed by atoms with Gasteiger partial charge in [-0.1, -0.05) is 13.8 Å². The molecule has 0 spiro atoms. The molecule has 0 saturated carbocycles. The molecule has 1 unspecified atom stereocenters. The molecular weight excluding hydrogens is 204 g/mol. The normalized spacial score (nSPS) is 12.6. The molecular formula is C9H17ClN2O2. The van der Waals surface area contributed by atoms with Crippen molar-refractivity contribution in [2.75, 3.05) is 5.88 Å². The van der Waals surface area contributed by atoms with Crippen molar-refractivity contribution in [3.05, 3.63) is 0 Å². The zero-order chi connectivity index (χ0) is 11.1. The lowest BCUT2D eigenvalue weighted by Crippen LogP contribution is -2.47. The van der Waals surface area contributed by atoms with Gasteiger partial charge in [0.05, 0.1) is 0 Å². The fourth-order valence-electron chi connectivity index (χ4n) is 1.04. The van der Waals surface area contributed by atoms with Gasteiger partial charge >= 0.3 is 0 Å². The molecule has 0 aliphatic heterocycles. The van der Waals surface area contributed by atoms with Crippen LogP contribution in [0.4, 0.5) is 0 Å². The Morgan fingerprint density at radius 3 is 2.36 bits per heavy atom. The first-order chi connectivity index (χ1) is 6.49. The van der Waals surface area contributed by atoms with E-state index in [9.17, 15) is 9.59 Å². The third-order valence-electron chi connectivity index (χ3n) is 1.83. The Morgan fingerprint density at radius 1 is 1.43 bits per heavy atom. The van der Waals surface area contributed by atoms with E-state index >= 15 is 0 Å². The van der Waals surface area contributed by atoms with Crippen LogP contribution in [0.2, 0.25) is 0 Å². The molecule has 82 valence electrons. The number of nitrogens with two attached hydrogens (primary N) is 1. The third-order valence-corrected chi connectivity index (χ3v) is 2.09. The summed E-state index contributed by atoms with van der Waals surface area (Å²) in [6, 6.07) is -0.585. The summed E-state index contributed by atoms with van der Waals surface area (Å²) < 4.78 is 0. The SMILES string of the molecule is CC(C)C(NC(=O)CCCCl)C(N)=O. The van der Waals surface area contributed by atoms with E-state index in [1.807, 2.05) is 13.8 Å². The summed E-state index contributed by atoms with van der Waals surface area (Å²) in [6.45, 7) is 3.66. The molecule has 1 atom stereocenters. The quantitative estimate of drug-likeness (QED) is 0.645. The molecule has 0 aromatic rings. The molecule has 0 aromatic heterocycles. The van der Waals surface area contributed by atoms with E-state index in [0.717, 1.165) is 0 Å². The van der Waals surface area contributed by atoms with Crippen molar-refractivity contribution >= 4 is 23.4 Å². The van der Waals surface area contributed by atoms with E-state index in [1.54, 1.807) is 0 Å². The monoisotopic (exact) mass is 220 g/mol. The van der Waals surface area contributed by atoms with Crippen LogP contribution < -0.4 is 11.1 Å². The second-order valence-corrected chi connectivity index (χ2v) is 3.86. The van der Waals surface area contributed by atoms with E-state index in [-0.39, 0.29) is 11.8 Å². The molecule has 14 heavy (non-hydrogen) atoms. The molecule has 0 heterocycles. The van der Waals surface area contributed by atoms with Crippen molar-refractivity contribution < 1.29 is 9.59 Å². The van der Waals surface area contributed by atoms with Crippen LogP contribution in [-0.2, 0) is 9.59 Å². The van der Waals surface area contributed by atoms with Crippen molar-refractivity contribution in [1.29, 1.82) is 0 Å². The van der Waals surface area contributed by atoms with Crippen molar-refractivity contribution in [3.8, 4) is 0 Å². The summed E-state index contributed by atoms with van der Waals surface area (Å²) in [5.74, 6) is -0.231. The molecule has 0 aliphatic rings. The Labute approximate surface area is 89.2 Å². The molecule has 0 radical (unpaired) electrons. The number of carbonyl (C=O) groups is 2. The lowest BCUT2D eigenvalue weighted by Gasteiger charge is -2.18. The molecule has 5 heteroatoms. The Balaban J connectivity index is 4.04. The highest BCUT2D eigenvalue weighted by molar-refractivity contribution is 6.17. The predicted octanol–water partition coefficient (Wildman–Crippen LogP) is 0.631. The molecule has 0 rings (SSSR count). The minimum atomic E-state index is -0.585. The first-order valence-corrected chi connectivity index (χ1v) is 5.17. The number of alkyl halides is 1. The van der Waals surface area contributed by atoms with E-state index in [4.69, 9.17) is 17.3 Å². The standard InChI is InChI=1S/C9H17ClN2O2/c1-6(2)8(9(11)14)12-7(13)4-3-5-10/h6,8H,3-5H2,1-2H3,(H2,11,14)(H,12,13). The molecule has 0 bridgehead atoms. The number of halogens is 1. The van der Waals surface area contributed by atoms with Gasteiger partial charge in [-0.25, -0.2) is 0 Å². The van der Waals surface area contributed by atoms with Gasteiger partial charge in [-0.05, 0) is 12.3 Å². The van der Waals surface area contributed by atoms with Crippen LogP contribution in [0.1, 0.15) is 26.7 Å². The zero-order valence-corrected chi connectivity index (χ0v) is 9.30. The number of rotatable bonds is 6. The Morgan fingerprint density at radius 2 is 2.00 bits per heavy atom. The first-order valence-electron chi connectivity index (χ1n) is 4.63. The van der Waals surface area contributed by atoms with E-state index in [2.05, 4.69) is 5.32 Å². The maximum absolute atomic E-state index is 11.2. The van der Waals surface area contributed by atoms with Crippen LogP contribution in [-0.4, -0.2) is 23.7 Å². The van der Waals surface area contributed by atoms with Crippen LogP contribution in [0.5, 0.6) is 0 Å². The number of nitrogens with one attached hydrogen (secondary N) is 1. The van der Waals surface area contributed by atoms with Crippen LogP contribution in [0.3, 0.4) is 0 Å². The van der Waals surface area contributed by atoms with Gasteiger partial charge in [-0.2, -0.15) is 0 Å². The molecule has 2 amide bonds. The number of hydrogen-bond acceptors (Lipinski definition) is 2. The van der Waals surface area contributed by atoms with Crippen molar-refractivity contribution in [2.24, 2.45) is 11.7 Å². The van der Waals surface area contributed by atoms with Crippen molar-refractivity contribution in [2.45, 2.75) is 32.7 Å². The summed E-state index contributed by atoms with van der Waals surface area (Å²) in [4.78, 5) is 22.2. The lowest BCUT2D eigenvalue weighted by molar-refractivity contribution is -0.128. The van der Waals surface area contributed by atoms with Gasteiger partial charge in [0.1, 0.15) is 6.04 Å². The van der Waals surface area contributed by atoms with Crippen LogP contribution >= 0.6 is 11.6 Å². The fourth-order valence-corrected chi connectivity index (χ4v) is 1.17. The van der Waals surface area contributed by atoms with Crippen LogP contribution in [0.25, 0.3) is 0 Å². The van der Waals surface area contributed by atoms with Gasteiger partial charge in [-0.3, -0.25) is 9.59 Å². The highest BCUT2D eigenvalue weighted by atomic mass is 35.5. The highest BCUT2D eigenvalue weighted by Crippen LogP contribution is 2.02. The number of carbonyl (C=O) groups excluding carboxylic acids is 2. The van der Waals surface area contributed by atoms with Crippen molar-refractivity contribution in [3.63, 3.8) is 0 Å². The minimum Gasteiger partial charge on any atom is -0.368 e. The third kappa shape index (κ3) is 5.07. The summed E-state index contributed by atoms with van der Waals surface area (Å²) in [6.07, 6.45) is 0.941. The summed E-state index contributed by atoms with van der Waals surface area (Å²) >= 11 is 5.44. The zero-order valence-electron chi connectivity index (χ0n) is 8.55. The van der Waals surface area contributed by atoms with Gasteiger partial charge < -0.3 is 11.1 Å². The first kappa shape index (κ1) is 13.2. The van der Waals surface area contributed by atoms with E-state index in [1.165, 1.54) is 0 Å². The van der Waals surface area contributed by atoms with Gasteiger partial charge in [0.2, 0.25) is 11.8 Å². The van der Waals surface area contributed by atoms with Crippen LogP contribution in [0.15, 0.2) is 0 Å². The fraction of sp³-hybridized carbons (Fsp3) is 0.778. The lowest BCUT2D eigenvalue weighted by atomic mass is 10.0. The molecule has 0 aromatic carbocycles. The summed E-state index contributed by atoms with van der Waals surface area (Å²) in [7, 11) is 0. The van der Waals surface area contributed by atoms with Gasteiger partial charge in [-0.15, -0.1) is 11.6 Å². The molecule has 0 fully saturated rings. The topological polar surface area (TPSA) is 72.2 Å². The second-order valence-electron chi connectivity index (χ2n) is 3.48. The molecule has 3 N–H and O–H groups in total. The molecule has 0 saturated heterocycles. The number of primary amides is 1.